The van der Waals surface area contributed by atoms with Crippen LogP contribution in [0.15, 0.2) is 0 Å². The van der Waals surface area contributed by atoms with Gasteiger partial charge in [-0.15, -0.1) is 11.8 Å². The molecule has 3 fully saturated rings. The summed E-state index contributed by atoms with van der Waals surface area (Å²) < 4.78 is 9.66. The third-order valence-electron chi connectivity index (χ3n) is 4.94. The summed E-state index contributed by atoms with van der Waals surface area (Å²) in [5.41, 5.74) is -0.126. The van der Waals surface area contributed by atoms with Crippen molar-refractivity contribution in [2.45, 2.75) is 67.0 Å². The molecule has 2 unspecified atom stereocenters. The average molecular weight is 431 g/mol. The second-order valence-corrected chi connectivity index (χ2v) is 9.51. The van der Waals surface area contributed by atoms with E-state index in [0.29, 0.717) is 26.1 Å². The van der Waals surface area contributed by atoms with E-state index < -0.39 is 16.7 Å². The Kier molecular flexibility index (Phi) is 7.78. The van der Waals surface area contributed by atoms with Crippen LogP contribution in [-0.4, -0.2) is 57.9 Å². The number of rotatable bonds is 6. The van der Waals surface area contributed by atoms with E-state index in [9.17, 15) is 9.59 Å². The van der Waals surface area contributed by atoms with E-state index in [2.05, 4.69) is 0 Å². The molecule has 28 heavy (non-hydrogen) atoms. The van der Waals surface area contributed by atoms with Crippen LogP contribution in [0.3, 0.4) is 0 Å². The normalized spacial score (nSPS) is 30.9. The van der Waals surface area contributed by atoms with Gasteiger partial charge in [-0.2, -0.15) is 0 Å². The predicted molar refractivity (Wildman–Crippen MR) is 107 cm³/mol. The van der Waals surface area contributed by atoms with E-state index >= 15 is 0 Å². The van der Waals surface area contributed by atoms with Crippen LogP contribution >= 0.6 is 23.5 Å². The largest absolute Gasteiger partial charge is 0.382 e. The maximum Gasteiger partial charge on any atom is 0.382 e. The van der Waals surface area contributed by atoms with E-state index in [1.165, 1.54) is 11.8 Å². The minimum atomic E-state index is -1.55. The van der Waals surface area contributed by atoms with E-state index in [1.54, 1.807) is 0 Å². The first-order valence-electron chi connectivity index (χ1n) is 9.62. The van der Waals surface area contributed by atoms with Crippen LogP contribution in [0.25, 0.3) is 0 Å². The van der Waals surface area contributed by atoms with Crippen LogP contribution in [0.4, 0.5) is 0 Å². The van der Waals surface area contributed by atoms with Gasteiger partial charge in [0.2, 0.25) is 0 Å². The van der Waals surface area contributed by atoms with Gasteiger partial charge in [-0.05, 0) is 51.4 Å². The average Bonchev–Trinajstić information content (AvgIpc) is 3.01. The Morgan fingerprint density at radius 1 is 0.964 bits per heavy atom. The molecule has 0 aromatic heterocycles. The van der Waals surface area contributed by atoms with Crippen LogP contribution in [0.1, 0.15) is 51.4 Å². The Labute approximate surface area is 172 Å². The van der Waals surface area contributed by atoms with E-state index in [-0.39, 0.29) is 28.0 Å². The first-order chi connectivity index (χ1) is 13.5. The molecule has 1 saturated carbocycles. The summed E-state index contributed by atoms with van der Waals surface area (Å²) in [7, 11) is 0. The first-order valence-corrected chi connectivity index (χ1v) is 11.6. The quantitative estimate of drug-likeness (QED) is 0.487. The number of carbonyl (C=O) groups is 2. The number of hydrogen-bond donors (Lipinski definition) is 2. The fourth-order valence-corrected chi connectivity index (χ4v) is 5.75. The molecule has 2 heterocycles. The molecule has 2 N–H and O–H groups in total. The lowest BCUT2D eigenvalue weighted by molar-refractivity contribution is -0.256. The lowest BCUT2D eigenvalue weighted by Gasteiger charge is -2.31. The molecule has 1 aliphatic carbocycles. The van der Waals surface area contributed by atoms with Crippen molar-refractivity contribution in [3.05, 3.63) is 0 Å². The van der Waals surface area contributed by atoms with Crippen LogP contribution in [-0.2, 0) is 28.8 Å². The van der Waals surface area contributed by atoms with Gasteiger partial charge in [0.15, 0.2) is 4.75 Å². The maximum atomic E-state index is 12.8. The molecule has 0 aromatic carbocycles. The van der Waals surface area contributed by atoms with Gasteiger partial charge >= 0.3 is 11.9 Å². The fourth-order valence-electron chi connectivity index (χ4n) is 3.39. The third kappa shape index (κ3) is 5.08. The molecule has 8 nitrogen and oxygen atoms in total. The zero-order chi connectivity index (χ0) is 20.0. The molecule has 2 atom stereocenters. The van der Waals surface area contributed by atoms with Crippen molar-refractivity contribution in [3.63, 3.8) is 0 Å². The lowest BCUT2D eigenvalue weighted by Crippen LogP contribution is -2.48. The molecule has 2 aliphatic heterocycles. The molecule has 3 rings (SSSR count). The maximum absolute atomic E-state index is 12.8. The topological polar surface area (TPSA) is 119 Å². The molecular weight excluding hydrogens is 404 g/mol. The lowest BCUT2D eigenvalue weighted by atomic mass is 10.0. The van der Waals surface area contributed by atoms with Gasteiger partial charge in [-0.3, -0.25) is 0 Å². The number of nitrogens with one attached hydrogen (secondary N) is 2. The number of hydrogen-bond acceptors (Lipinski definition) is 10. The zero-order valence-electron chi connectivity index (χ0n) is 15.7. The van der Waals surface area contributed by atoms with E-state index in [1.807, 2.05) is 0 Å². The van der Waals surface area contributed by atoms with Crippen LogP contribution in [0, 0.1) is 10.8 Å². The first kappa shape index (κ1) is 21.6. The van der Waals surface area contributed by atoms with E-state index in [0.717, 1.165) is 50.3 Å². The second kappa shape index (κ2) is 10.1. The van der Waals surface area contributed by atoms with Crippen molar-refractivity contribution in [3.8, 4) is 0 Å². The summed E-state index contributed by atoms with van der Waals surface area (Å²) in [5.74, 6) is -1.57. The summed E-state index contributed by atoms with van der Waals surface area (Å²) in [6.45, 7) is 1.29. The van der Waals surface area contributed by atoms with Crippen LogP contribution < -0.4 is 0 Å². The Morgan fingerprint density at radius 2 is 1.57 bits per heavy atom. The molecule has 0 aromatic rings. The van der Waals surface area contributed by atoms with Crippen LogP contribution in [0.5, 0.6) is 0 Å². The minimum Gasteiger partial charge on any atom is -0.368 e. The van der Waals surface area contributed by atoms with E-state index in [4.69, 9.17) is 30.1 Å². The second-order valence-electron chi connectivity index (χ2n) is 6.99. The monoisotopic (exact) mass is 430 g/mol. The van der Waals surface area contributed by atoms with Crippen molar-refractivity contribution in [2.75, 3.05) is 19.0 Å². The standard InChI is InChI=1S/C18H26N2O6S2/c19-12-7-8-13(20)18(12,28-16-6-2-4-10-24-16)17(22)26-25-14(21)11-27-15-5-1-3-9-23-15/h15-16,19-20H,1-11H2. The molecule has 0 amide bonds. The highest BCUT2D eigenvalue weighted by Crippen LogP contribution is 2.42. The molecular formula is C18H26N2O6S2. The Bertz CT molecular complexity index is 601. The highest BCUT2D eigenvalue weighted by atomic mass is 32.2. The predicted octanol–water partition coefficient (Wildman–Crippen LogP) is 3.08. The fraction of sp³-hybridized carbons (Fsp3) is 0.778. The Hall–Kier alpha value is -1.10. The minimum absolute atomic E-state index is 0.0126. The summed E-state index contributed by atoms with van der Waals surface area (Å²) in [6, 6.07) is 0. The summed E-state index contributed by atoms with van der Waals surface area (Å²) in [5, 5.41) is 16.5. The number of thioether (sulfide) groups is 2. The van der Waals surface area contributed by atoms with Crippen molar-refractivity contribution in [1.82, 2.24) is 0 Å². The molecule has 2 saturated heterocycles. The van der Waals surface area contributed by atoms with Gasteiger partial charge in [0.05, 0.1) is 5.75 Å². The molecule has 0 spiro atoms. The molecule has 10 heteroatoms. The highest BCUT2D eigenvalue weighted by molar-refractivity contribution is 8.03. The zero-order valence-corrected chi connectivity index (χ0v) is 17.3. The van der Waals surface area contributed by atoms with Gasteiger partial charge in [-0.1, -0.05) is 11.8 Å². The number of ether oxygens (including phenoxy) is 2. The molecule has 0 radical (unpaired) electrons. The van der Waals surface area contributed by atoms with Gasteiger partial charge in [0, 0.05) is 24.6 Å². The van der Waals surface area contributed by atoms with Crippen molar-refractivity contribution >= 4 is 46.9 Å². The van der Waals surface area contributed by atoms with Gasteiger partial charge in [-0.25, -0.2) is 19.4 Å². The SMILES string of the molecule is N=C1CCC(=N)C1(SC1CCCCO1)C(=O)OOC(=O)CSC1CCCCO1. The van der Waals surface area contributed by atoms with Gasteiger partial charge in [0.25, 0.3) is 0 Å². The summed E-state index contributed by atoms with van der Waals surface area (Å²) >= 11 is 2.45. The van der Waals surface area contributed by atoms with Crippen molar-refractivity contribution in [1.29, 1.82) is 10.8 Å². The smallest absolute Gasteiger partial charge is 0.368 e. The summed E-state index contributed by atoms with van der Waals surface area (Å²) in [4.78, 5) is 34.2. The molecule has 3 aliphatic rings. The third-order valence-corrected chi connectivity index (χ3v) is 7.74. The van der Waals surface area contributed by atoms with Gasteiger partial charge in [0.1, 0.15) is 10.9 Å². The van der Waals surface area contributed by atoms with Crippen LogP contribution in [0.2, 0.25) is 0 Å². The number of carbonyl (C=O) groups excluding carboxylic acids is 2. The highest BCUT2D eigenvalue weighted by Gasteiger charge is 2.55. The Balaban J connectivity index is 1.54. The summed E-state index contributed by atoms with van der Waals surface area (Å²) in [6.07, 6.45) is 6.29. The Morgan fingerprint density at radius 3 is 2.14 bits per heavy atom. The molecule has 156 valence electrons. The van der Waals surface area contributed by atoms with Crippen molar-refractivity contribution in [2.24, 2.45) is 0 Å². The molecule has 0 bridgehead atoms. The van der Waals surface area contributed by atoms with Gasteiger partial charge < -0.3 is 20.3 Å². The van der Waals surface area contributed by atoms with Crippen molar-refractivity contribution < 1.29 is 28.8 Å².